The van der Waals surface area contributed by atoms with Gasteiger partial charge in [0.15, 0.2) is 0 Å². The lowest BCUT2D eigenvalue weighted by Crippen LogP contribution is -2.32. The summed E-state index contributed by atoms with van der Waals surface area (Å²) in [6, 6.07) is 16.8. The number of nitro benzene ring substituents is 1. The van der Waals surface area contributed by atoms with Gasteiger partial charge in [-0.05, 0) is 61.4 Å². The number of nitro groups is 1. The Morgan fingerprint density at radius 2 is 1.69 bits per heavy atom. The van der Waals surface area contributed by atoms with E-state index in [-0.39, 0.29) is 29.4 Å². The lowest BCUT2D eigenvalue weighted by molar-refractivity contribution is -0.384. The molecule has 9 nitrogen and oxygen atoms in total. The summed E-state index contributed by atoms with van der Waals surface area (Å²) in [5.74, 6) is -0.194. The van der Waals surface area contributed by atoms with Crippen LogP contribution < -0.4 is 9.46 Å². The maximum Gasteiger partial charge on any atom is 0.281 e. The molecule has 1 heterocycles. The van der Waals surface area contributed by atoms with E-state index in [0.717, 1.165) is 46.3 Å². The molecule has 0 aliphatic heterocycles. The summed E-state index contributed by atoms with van der Waals surface area (Å²) in [6.45, 7) is 4.26. The summed E-state index contributed by atoms with van der Waals surface area (Å²) < 4.78 is 35.2. The van der Waals surface area contributed by atoms with E-state index in [1.807, 2.05) is 50.2 Å². The zero-order valence-electron chi connectivity index (χ0n) is 19.4. The summed E-state index contributed by atoms with van der Waals surface area (Å²) in [5, 5.41) is 12.3. The van der Waals surface area contributed by atoms with Gasteiger partial charge in [0.2, 0.25) is 0 Å². The topological polar surface area (TPSA) is 121 Å². The van der Waals surface area contributed by atoms with Crippen LogP contribution in [0.5, 0.6) is 5.75 Å². The van der Waals surface area contributed by atoms with Gasteiger partial charge < -0.3 is 9.30 Å². The van der Waals surface area contributed by atoms with Crippen molar-refractivity contribution in [2.45, 2.75) is 25.3 Å². The van der Waals surface area contributed by atoms with E-state index in [2.05, 4.69) is 4.72 Å². The number of aromatic nitrogens is 1. The largest absolute Gasteiger partial charge is 0.492 e. The number of fused-ring (bicyclic) bond motifs is 1. The number of rotatable bonds is 8. The Bertz CT molecular complexity index is 1560. The van der Waals surface area contributed by atoms with Crippen molar-refractivity contribution < 1.29 is 22.9 Å². The van der Waals surface area contributed by atoms with Gasteiger partial charge in [-0.2, -0.15) is 0 Å². The van der Waals surface area contributed by atoms with Crippen molar-refractivity contribution in [3.8, 4) is 5.75 Å². The summed E-state index contributed by atoms with van der Waals surface area (Å²) in [7, 11) is -4.26. The molecule has 0 atom stereocenters. The lowest BCUT2D eigenvalue weighted by Gasteiger charge is -2.14. The fourth-order valence-corrected chi connectivity index (χ4v) is 4.93. The third-order valence-corrected chi connectivity index (χ3v) is 7.56. The number of ether oxygens (including phenoxy) is 1. The Balaban J connectivity index is 1.57. The number of carbonyl (C=O) groups is 1. The predicted molar refractivity (Wildman–Crippen MR) is 136 cm³/mol. The van der Waals surface area contributed by atoms with Gasteiger partial charge in [0, 0.05) is 28.1 Å². The third kappa shape index (κ3) is 5.19. The highest BCUT2D eigenvalue weighted by molar-refractivity contribution is 7.90. The molecule has 4 rings (SSSR count). The smallest absolute Gasteiger partial charge is 0.281 e. The number of nitrogens with one attached hydrogen (secondary N) is 1. The number of para-hydroxylation sites is 1. The summed E-state index contributed by atoms with van der Waals surface area (Å²) in [5.41, 5.74) is 2.38. The van der Waals surface area contributed by atoms with Crippen molar-refractivity contribution in [3.63, 3.8) is 0 Å². The number of hydrogen-bond acceptors (Lipinski definition) is 6. The van der Waals surface area contributed by atoms with Gasteiger partial charge in [-0.15, -0.1) is 0 Å². The van der Waals surface area contributed by atoms with E-state index in [9.17, 15) is 23.3 Å². The standard InChI is InChI=1S/C25H22ClN3O6S/c1-16-13-20(14-17(2)24(16)26)35-12-11-28-22-6-4-3-5-18(22)15-23(28)25(30)27-36(33,34)21-9-7-19(8-10-21)29(31)32/h3-10,13-15H,11-12H2,1-2H3,(H,27,30). The Morgan fingerprint density at radius 3 is 2.33 bits per heavy atom. The number of benzene rings is 3. The van der Waals surface area contributed by atoms with Gasteiger partial charge in [0.1, 0.15) is 18.1 Å². The number of halogens is 1. The second-order valence-corrected chi connectivity index (χ2v) is 10.2. The fraction of sp³-hybridized carbons (Fsp3) is 0.160. The number of nitrogens with zero attached hydrogens (tertiary/aromatic N) is 2. The molecule has 0 saturated carbocycles. The van der Waals surface area contributed by atoms with E-state index < -0.39 is 20.9 Å². The molecule has 1 amide bonds. The molecule has 186 valence electrons. The molecular formula is C25H22ClN3O6S. The van der Waals surface area contributed by atoms with Gasteiger partial charge in [-0.3, -0.25) is 14.9 Å². The van der Waals surface area contributed by atoms with Gasteiger partial charge in [0.25, 0.3) is 21.6 Å². The average molecular weight is 528 g/mol. The van der Waals surface area contributed by atoms with E-state index in [0.29, 0.717) is 10.8 Å². The maximum atomic E-state index is 13.1. The Labute approximate surface area is 212 Å². The van der Waals surface area contributed by atoms with Crippen molar-refractivity contribution in [2.75, 3.05) is 6.61 Å². The molecule has 0 saturated heterocycles. The van der Waals surface area contributed by atoms with Crippen LogP contribution in [0, 0.1) is 24.0 Å². The van der Waals surface area contributed by atoms with Crippen molar-refractivity contribution >= 4 is 44.1 Å². The summed E-state index contributed by atoms with van der Waals surface area (Å²) >= 11 is 6.22. The van der Waals surface area contributed by atoms with E-state index in [4.69, 9.17) is 16.3 Å². The highest BCUT2D eigenvalue weighted by Crippen LogP contribution is 2.26. The van der Waals surface area contributed by atoms with E-state index in [1.165, 1.54) is 0 Å². The highest BCUT2D eigenvalue weighted by Gasteiger charge is 2.23. The molecule has 0 unspecified atom stereocenters. The molecular weight excluding hydrogens is 506 g/mol. The second kappa shape index (κ2) is 10.00. The number of aryl methyl sites for hydroxylation is 2. The first-order valence-electron chi connectivity index (χ1n) is 10.9. The maximum absolute atomic E-state index is 13.1. The van der Waals surface area contributed by atoms with Crippen LogP contribution in [-0.2, 0) is 16.6 Å². The highest BCUT2D eigenvalue weighted by atomic mass is 35.5. The molecule has 0 bridgehead atoms. The van der Waals surface area contributed by atoms with Crippen LogP contribution in [0.2, 0.25) is 5.02 Å². The Hall–Kier alpha value is -3.89. The van der Waals surface area contributed by atoms with Crippen molar-refractivity contribution in [2.24, 2.45) is 0 Å². The van der Waals surface area contributed by atoms with Crippen LogP contribution in [0.25, 0.3) is 10.9 Å². The second-order valence-electron chi connectivity index (χ2n) is 8.15. The molecule has 0 spiro atoms. The normalized spacial score (nSPS) is 11.4. The minimum atomic E-state index is -4.26. The van der Waals surface area contributed by atoms with Crippen LogP contribution in [0.15, 0.2) is 71.6 Å². The first-order valence-corrected chi connectivity index (χ1v) is 12.7. The molecule has 36 heavy (non-hydrogen) atoms. The molecule has 0 aliphatic rings. The minimum absolute atomic E-state index is 0.133. The van der Waals surface area contributed by atoms with Gasteiger partial charge in [-0.1, -0.05) is 29.8 Å². The van der Waals surface area contributed by atoms with Crippen LogP contribution in [0.4, 0.5) is 5.69 Å². The molecule has 11 heteroatoms. The third-order valence-electron chi connectivity index (χ3n) is 5.62. The van der Waals surface area contributed by atoms with Gasteiger partial charge in [-0.25, -0.2) is 13.1 Å². The average Bonchev–Trinajstić information content (AvgIpc) is 3.21. The number of sulfonamides is 1. The van der Waals surface area contributed by atoms with Crippen LogP contribution in [0.1, 0.15) is 21.6 Å². The minimum Gasteiger partial charge on any atom is -0.492 e. The predicted octanol–water partition coefficient (Wildman–Crippen LogP) is 5.02. The molecule has 0 aliphatic carbocycles. The Morgan fingerprint density at radius 1 is 1.06 bits per heavy atom. The van der Waals surface area contributed by atoms with Crippen LogP contribution in [0.3, 0.4) is 0 Å². The molecule has 0 fully saturated rings. The van der Waals surface area contributed by atoms with Crippen molar-refractivity contribution in [1.82, 2.24) is 9.29 Å². The summed E-state index contributed by atoms with van der Waals surface area (Å²) in [6.07, 6.45) is 0. The van der Waals surface area contributed by atoms with Crippen molar-refractivity contribution in [1.29, 1.82) is 0 Å². The van der Waals surface area contributed by atoms with E-state index in [1.54, 1.807) is 10.6 Å². The Kier molecular flexibility index (Phi) is 7.00. The molecule has 3 aromatic carbocycles. The first kappa shape index (κ1) is 25.2. The quantitative estimate of drug-likeness (QED) is 0.254. The molecule has 4 aromatic rings. The van der Waals surface area contributed by atoms with Gasteiger partial charge in [0.05, 0.1) is 16.4 Å². The number of amides is 1. The zero-order valence-corrected chi connectivity index (χ0v) is 21.0. The monoisotopic (exact) mass is 527 g/mol. The SMILES string of the molecule is Cc1cc(OCCn2c(C(=O)NS(=O)(=O)c3ccc([N+](=O)[O-])cc3)cc3ccccc32)cc(C)c1Cl. The number of non-ortho nitro benzene ring substituents is 1. The van der Waals surface area contributed by atoms with Crippen LogP contribution in [-0.4, -0.2) is 30.4 Å². The van der Waals surface area contributed by atoms with Crippen molar-refractivity contribution in [3.05, 3.63) is 98.7 Å². The first-order chi connectivity index (χ1) is 17.1. The van der Waals surface area contributed by atoms with Gasteiger partial charge >= 0.3 is 0 Å². The van der Waals surface area contributed by atoms with E-state index >= 15 is 0 Å². The molecule has 0 radical (unpaired) electrons. The lowest BCUT2D eigenvalue weighted by atomic mass is 10.1. The number of carbonyl (C=O) groups excluding carboxylic acids is 1. The van der Waals surface area contributed by atoms with Crippen LogP contribution >= 0.6 is 11.6 Å². The fourth-order valence-electron chi connectivity index (χ4n) is 3.86. The number of hydrogen-bond donors (Lipinski definition) is 1. The summed E-state index contributed by atoms with van der Waals surface area (Å²) in [4.78, 5) is 23.0. The zero-order chi connectivity index (χ0) is 26.0. The molecule has 1 N–H and O–H groups in total. The molecule has 1 aromatic heterocycles.